The number of nitrogens with zero attached hydrogens (tertiary/aromatic N) is 1. The van der Waals surface area contributed by atoms with E-state index in [1.165, 1.54) is 4.90 Å². The minimum Gasteiger partial charge on any atom is -0.460 e. The molecule has 9 heteroatoms. The van der Waals surface area contributed by atoms with Gasteiger partial charge in [0.15, 0.2) is 0 Å². The van der Waals surface area contributed by atoms with Crippen LogP contribution >= 0.6 is 23.5 Å². The Hall–Kier alpha value is -2.43. The molecule has 0 bridgehead atoms. The van der Waals surface area contributed by atoms with Gasteiger partial charge in [-0.25, -0.2) is 0 Å². The SMILES string of the molecule is C=CCO[C@@]12Oc3ccc(Oc4ccc(SC)cc4)cc3[C@H]3[C@H](CCCCO)[C@@H](CCCCO)C=C(C(=NOC(C)(C)C)C[C@@H]1SCC)[C@H]32. The van der Waals surface area contributed by atoms with Gasteiger partial charge in [0.2, 0.25) is 5.79 Å². The summed E-state index contributed by atoms with van der Waals surface area (Å²) in [7, 11) is 0. The molecule has 0 unspecified atom stereocenters. The molecule has 2 aromatic rings. The highest BCUT2D eigenvalue weighted by Gasteiger charge is 2.63. The zero-order chi connectivity index (χ0) is 35.0. The summed E-state index contributed by atoms with van der Waals surface area (Å²) >= 11 is 3.56. The predicted octanol–water partition coefficient (Wildman–Crippen LogP) is 9.39. The lowest BCUT2D eigenvalue weighted by Gasteiger charge is -2.58. The third-order valence-corrected chi connectivity index (χ3v) is 11.7. The van der Waals surface area contributed by atoms with Crippen LogP contribution in [0.2, 0.25) is 0 Å². The summed E-state index contributed by atoms with van der Waals surface area (Å²) in [5, 5.41) is 24.4. The number of unbranched alkanes of at least 4 members (excludes halogenated alkanes) is 2. The average Bonchev–Trinajstić information content (AvgIpc) is 3.09. The minimum absolute atomic E-state index is 0.0347. The van der Waals surface area contributed by atoms with E-state index < -0.39 is 11.4 Å². The van der Waals surface area contributed by atoms with Gasteiger partial charge in [-0.05, 0) is 118 Å². The van der Waals surface area contributed by atoms with Crippen LogP contribution in [0, 0.1) is 17.8 Å². The summed E-state index contributed by atoms with van der Waals surface area (Å²) in [6.07, 6.45) is 12.2. The Labute approximate surface area is 301 Å². The van der Waals surface area contributed by atoms with Crippen LogP contribution in [0.25, 0.3) is 0 Å². The largest absolute Gasteiger partial charge is 0.460 e. The molecule has 1 heterocycles. The van der Waals surface area contributed by atoms with Crippen molar-refractivity contribution < 1.29 is 29.3 Å². The molecule has 1 aliphatic heterocycles. The number of aliphatic hydroxyl groups excluding tert-OH is 2. The Morgan fingerprint density at radius 1 is 1.02 bits per heavy atom. The second-order valence-electron chi connectivity index (χ2n) is 14.2. The van der Waals surface area contributed by atoms with E-state index in [0.29, 0.717) is 13.0 Å². The Kier molecular flexibility index (Phi) is 13.3. The molecule has 0 saturated heterocycles. The van der Waals surface area contributed by atoms with Gasteiger partial charge in [0, 0.05) is 36.0 Å². The molecule has 1 fully saturated rings. The van der Waals surface area contributed by atoms with Crippen molar-refractivity contribution in [3.63, 3.8) is 0 Å². The van der Waals surface area contributed by atoms with Crippen molar-refractivity contribution in [3.05, 3.63) is 72.3 Å². The normalized spacial score (nSPS) is 26.7. The number of oxime groups is 1. The minimum atomic E-state index is -0.944. The molecular formula is C40H55NO6S2. The van der Waals surface area contributed by atoms with Crippen LogP contribution in [-0.4, -0.2) is 64.4 Å². The topological polar surface area (TPSA) is 89.7 Å². The smallest absolute Gasteiger partial charge is 0.230 e. The van der Waals surface area contributed by atoms with Crippen molar-refractivity contribution in [1.29, 1.82) is 0 Å². The lowest BCUT2D eigenvalue weighted by Crippen LogP contribution is -2.64. The zero-order valence-electron chi connectivity index (χ0n) is 29.9. The van der Waals surface area contributed by atoms with E-state index in [2.05, 4.69) is 50.1 Å². The predicted molar refractivity (Wildman–Crippen MR) is 202 cm³/mol. The molecule has 268 valence electrons. The zero-order valence-corrected chi connectivity index (χ0v) is 31.5. The fourth-order valence-corrected chi connectivity index (χ4v) is 9.29. The van der Waals surface area contributed by atoms with Crippen LogP contribution in [0.15, 0.2) is 76.8 Å². The third kappa shape index (κ3) is 8.73. The maximum atomic E-state index is 9.82. The van der Waals surface area contributed by atoms with Crippen molar-refractivity contribution >= 4 is 29.2 Å². The molecule has 2 N–H and O–H groups in total. The maximum Gasteiger partial charge on any atom is 0.230 e. The number of benzene rings is 2. The Bertz CT molecular complexity index is 1450. The number of ether oxygens (including phenoxy) is 3. The average molecular weight is 710 g/mol. The van der Waals surface area contributed by atoms with Crippen molar-refractivity contribution in [2.75, 3.05) is 31.8 Å². The van der Waals surface area contributed by atoms with Crippen LogP contribution in [-0.2, 0) is 9.57 Å². The first-order valence-corrected chi connectivity index (χ1v) is 20.2. The first-order chi connectivity index (χ1) is 23.7. The second-order valence-corrected chi connectivity index (χ2v) is 16.5. The van der Waals surface area contributed by atoms with E-state index in [1.807, 2.05) is 56.8 Å². The summed E-state index contributed by atoms with van der Waals surface area (Å²) in [6, 6.07) is 14.4. The van der Waals surface area contributed by atoms with Gasteiger partial charge in [0.1, 0.15) is 22.8 Å². The standard InChI is InChI=1S/C40H55NO6S2/c1-7-23-44-40-36(49-8-2)26-34(41-47-39(3,4)5)32-24-27(13-9-11-21-42)31(14-10-12-22-43)37(38(32)40)33-25-29(17-20-35(33)46-40)45-28-15-18-30(48-6)19-16-28/h7,15-20,24-25,27,31,36-38,42-43H,1,8-14,21-23,26H2,2-6H3/t27-,31+,36-,37+,38+,40+/m0/s1. The van der Waals surface area contributed by atoms with E-state index in [1.54, 1.807) is 11.8 Å². The van der Waals surface area contributed by atoms with E-state index in [-0.39, 0.29) is 42.1 Å². The highest BCUT2D eigenvalue weighted by molar-refractivity contribution is 8.00. The van der Waals surface area contributed by atoms with Gasteiger partial charge in [-0.1, -0.05) is 37.1 Å². The lowest BCUT2D eigenvalue weighted by atomic mass is 9.56. The highest BCUT2D eigenvalue weighted by atomic mass is 32.2. The molecule has 0 radical (unpaired) electrons. The molecular weight excluding hydrogens is 655 g/mol. The van der Waals surface area contributed by atoms with E-state index >= 15 is 0 Å². The van der Waals surface area contributed by atoms with Gasteiger partial charge in [-0.15, -0.1) is 18.3 Å². The molecule has 0 amide bonds. The van der Waals surface area contributed by atoms with Crippen molar-refractivity contribution in [3.8, 4) is 17.2 Å². The van der Waals surface area contributed by atoms with Gasteiger partial charge in [0.05, 0.1) is 23.5 Å². The number of hydrogen-bond donors (Lipinski definition) is 2. The van der Waals surface area contributed by atoms with Gasteiger partial charge in [-0.3, -0.25) is 0 Å². The Morgan fingerprint density at radius 2 is 1.73 bits per heavy atom. The first kappa shape index (κ1) is 37.8. The van der Waals surface area contributed by atoms with Gasteiger partial charge in [0.25, 0.3) is 0 Å². The molecule has 2 aliphatic carbocycles. The fraction of sp³-hybridized carbons (Fsp3) is 0.575. The summed E-state index contributed by atoms with van der Waals surface area (Å²) < 4.78 is 20.6. The molecule has 0 aromatic heterocycles. The van der Waals surface area contributed by atoms with Gasteiger partial charge in [-0.2, -0.15) is 11.8 Å². The molecule has 6 atom stereocenters. The highest BCUT2D eigenvalue weighted by Crippen LogP contribution is 2.62. The van der Waals surface area contributed by atoms with Crippen molar-refractivity contribution in [1.82, 2.24) is 0 Å². The first-order valence-electron chi connectivity index (χ1n) is 17.9. The Morgan fingerprint density at radius 3 is 2.39 bits per heavy atom. The van der Waals surface area contributed by atoms with E-state index in [4.69, 9.17) is 24.2 Å². The molecule has 2 aromatic carbocycles. The molecule has 7 nitrogen and oxygen atoms in total. The van der Waals surface area contributed by atoms with Gasteiger partial charge < -0.3 is 29.3 Å². The second kappa shape index (κ2) is 17.2. The number of allylic oxidation sites excluding steroid dienone is 1. The summed E-state index contributed by atoms with van der Waals surface area (Å²) in [4.78, 5) is 7.34. The monoisotopic (exact) mass is 709 g/mol. The van der Waals surface area contributed by atoms with Crippen molar-refractivity contribution in [2.24, 2.45) is 22.9 Å². The summed E-state index contributed by atoms with van der Waals surface area (Å²) in [6.45, 7) is 13.0. The molecule has 3 aliphatic rings. The number of hydrogen-bond acceptors (Lipinski definition) is 9. The molecule has 1 saturated carbocycles. The third-order valence-electron chi connectivity index (χ3n) is 9.71. The van der Waals surface area contributed by atoms with Crippen LogP contribution < -0.4 is 9.47 Å². The molecule has 0 spiro atoms. The summed E-state index contributed by atoms with van der Waals surface area (Å²) in [5.41, 5.74) is 2.78. The lowest BCUT2D eigenvalue weighted by molar-refractivity contribution is -0.223. The molecule has 5 rings (SSSR count). The fourth-order valence-electron chi connectivity index (χ4n) is 7.71. The number of thioether (sulfide) groups is 2. The quantitative estimate of drug-likeness (QED) is 0.0727. The van der Waals surface area contributed by atoms with Crippen LogP contribution in [0.3, 0.4) is 0 Å². The maximum absolute atomic E-state index is 9.82. The van der Waals surface area contributed by atoms with E-state index in [0.717, 1.165) is 78.4 Å². The number of fused-ring (bicyclic) bond motifs is 2. The van der Waals surface area contributed by atoms with Crippen LogP contribution in [0.1, 0.15) is 84.1 Å². The van der Waals surface area contributed by atoms with E-state index in [9.17, 15) is 10.2 Å². The Balaban J connectivity index is 1.70. The van der Waals surface area contributed by atoms with Crippen LogP contribution in [0.4, 0.5) is 0 Å². The summed E-state index contributed by atoms with van der Waals surface area (Å²) in [5.74, 6) is 2.71. The molecule has 49 heavy (non-hydrogen) atoms. The number of aliphatic hydroxyl groups is 2. The number of rotatable bonds is 17. The van der Waals surface area contributed by atoms with Crippen LogP contribution in [0.5, 0.6) is 17.2 Å². The van der Waals surface area contributed by atoms with Crippen molar-refractivity contribution in [2.45, 2.75) is 100 Å². The van der Waals surface area contributed by atoms with Gasteiger partial charge >= 0.3 is 0 Å².